The fourth-order valence-corrected chi connectivity index (χ4v) is 4.33. The highest BCUT2D eigenvalue weighted by atomic mass is 32.2. The van der Waals surface area contributed by atoms with Crippen LogP contribution in [-0.2, 0) is 10.0 Å². The molecule has 1 unspecified atom stereocenters. The molecule has 1 atom stereocenters. The molecule has 1 aliphatic rings. The molecule has 116 valence electrons. The Kier molecular flexibility index (Phi) is 4.60. The molecule has 0 spiro atoms. The van der Waals surface area contributed by atoms with Crippen molar-refractivity contribution in [2.24, 2.45) is 5.73 Å². The van der Waals surface area contributed by atoms with Crippen LogP contribution in [0.4, 0.5) is 5.69 Å². The smallest absolute Gasteiger partial charge is 0.273 e. The monoisotopic (exact) mass is 313 g/mol. The summed E-state index contributed by atoms with van der Waals surface area (Å²) in [6, 6.07) is 3.78. The molecule has 7 nitrogen and oxygen atoms in total. The number of aryl methyl sites for hydroxylation is 1. The highest BCUT2D eigenvalue weighted by Crippen LogP contribution is 2.28. The topological polar surface area (TPSA) is 107 Å². The predicted molar refractivity (Wildman–Crippen MR) is 78.4 cm³/mol. The van der Waals surface area contributed by atoms with E-state index < -0.39 is 14.9 Å². The summed E-state index contributed by atoms with van der Waals surface area (Å²) in [5.41, 5.74) is 5.91. The van der Waals surface area contributed by atoms with Crippen molar-refractivity contribution < 1.29 is 13.3 Å². The molecule has 2 N–H and O–H groups in total. The van der Waals surface area contributed by atoms with E-state index in [4.69, 9.17) is 5.73 Å². The number of piperidine rings is 1. The number of sulfonamides is 1. The first kappa shape index (κ1) is 15.9. The number of hydrogen-bond acceptors (Lipinski definition) is 5. The van der Waals surface area contributed by atoms with E-state index in [0.717, 1.165) is 25.3 Å². The average Bonchev–Trinajstić information content (AvgIpc) is 2.47. The lowest BCUT2D eigenvalue weighted by atomic mass is 10.1. The van der Waals surface area contributed by atoms with Crippen LogP contribution in [0.25, 0.3) is 0 Å². The van der Waals surface area contributed by atoms with E-state index in [-0.39, 0.29) is 23.2 Å². The summed E-state index contributed by atoms with van der Waals surface area (Å²) in [4.78, 5) is 10.4. The normalized spacial score (nSPS) is 20.4. The zero-order valence-corrected chi connectivity index (χ0v) is 12.7. The molecular weight excluding hydrogens is 294 g/mol. The van der Waals surface area contributed by atoms with Gasteiger partial charge in [-0.3, -0.25) is 10.1 Å². The van der Waals surface area contributed by atoms with Crippen LogP contribution in [-0.4, -0.2) is 36.8 Å². The number of nitro benzene ring substituents is 1. The van der Waals surface area contributed by atoms with Gasteiger partial charge in [0.15, 0.2) is 0 Å². The summed E-state index contributed by atoms with van der Waals surface area (Å²) in [6.45, 7) is 2.25. The van der Waals surface area contributed by atoms with Crippen molar-refractivity contribution in [2.45, 2.75) is 37.1 Å². The summed E-state index contributed by atoms with van der Waals surface area (Å²) in [5.74, 6) is 0. The lowest BCUT2D eigenvalue weighted by Crippen LogP contribution is -2.47. The fraction of sp³-hybridized carbons (Fsp3) is 0.538. The number of nitrogens with zero attached hydrogens (tertiary/aromatic N) is 2. The molecule has 0 radical (unpaired) electrons. The van der Waals surface area contributed by atoms with E-state index >= 15 is 0 Å². The second-order valence-electron chi connectivity index (χ2n) is 5.21. The van der Waals surface area contributed by atoms with Crippen LogP contribution in [0.2, 0.25) is 0 Å². The van der Waals surface area contributed by atoms with Gasteiger partial charge in [0.2, 0.25) is 10.0 Å². The lowest BCUT2D eigenvalue weighted by molar-refractivity contribution is -0.385. The standard InChI is InChI=1S/C13H19N3O4S/c1-10-5-6-12(8-13(10)16(17)18)21(19,20)15-7-3-2-4-11(15)9-14/h5-6,8,11H,2-4,7,9,14H2,1H3. The maximum Gasteiger partial charge on any atom is 0.273 e. The van der Waals surface area contributed by atoms with Gasteiger partial charge in [0, 0.05) is 30.8 Å². The van der Waals surface area contributed by atoms with Crippen molar-refractivity contribution in [3.8, 4) is 0 Å². The Balaban J connectivity index is 2.43. The molecule has 0 aromatic heterocycles. The van der Waals surface area contributed by atoms with Gasteiger partial charge in [-0.2, -0.15) is 4.31 Å². The van der Waals surface area contributed by atoms with Crippen molar-refractivity contribution in [1.82, 2.24) is 4.31 Å². The van der Waals surface area contributed by atoms with Crippen LogP contribution >= 0.6 is 0 Å². The van der Waals surface area contributed by atoms with Crippen LogP contribution in [0, 0.1) is 17.0 Å². The number of hydrogen-bond donors (Lipinski definition) is 1. The Morgan fingerprint density at radius 3 is 2.76 bits per heavy atom. The Morgan fingerprint density at radius 2 is 2.14 bits per heavy atom. The van der Waals surface area contributed by atoms with Gasteiger partial charge < -0.3 is 5.73 Å². The zero-order chi connectivity index (χ0) is 15.6. The van der Waals surface area contributed by atoms with Crippen LogP contribution < -0.4 is 5.73 Å². The van der Waals surface area contributed by atoms with Gasteiger partial charge in [-0.15, -0.1) is 0 Å². The van der Waals surface area contributed by atoms with E-state index in [0.29, 0.717) is 12.1 Å². The van der Waals surface area contributed by atoms with Crippen molar-refractivity contribution in [3.05, 3.63) is 33.9 Å². The SMILES string of the molecule is Cc1ccc(S(=O)(=O)N2CCCCC2CN)cc1[N+](=O)[O-]. The summed E-state index contributed by atoms with van der Waals surface area (Å²) in [5, 5.41) is 11.0. The van der Waals surface area contributed by atoms with E-state index in [1.165, 1.54) is 16.4 Å². The molecule has 1 fully saturated rings. The van der Waals surface area contributed by atoms with Crippen LogP contribution in [0.1, 0.15) is 24.8 Å². The number of nitro groups is 1. The lowest BCUT2D eigenvalue weighted by Gasteiger charge is -2.33. The van der Waals surface area contributed by atoms with Gasteiger partial charge in [0.25, 0.3) is 5.69 Å². The summed E-state index contributed by atoms with van der Waals surface area (Å²) >= 11 is 0. The second-order valence-corrected chi connectivity index (χ2v) is 7.10. The third-order valence-corrected chi connectivity index (χ3v) is 5.78. The number of benzene rings is 1. The van der Waals surface area contributed by atoms with E-state index in [1.54, 1.807) is 6.92 Å². The van der Waals surface area contributed by atoms with Gasteiger partial charge in [-0.05, 0) is 25.8 Å². The van der Waals surface area contributed by atoms with Gasteiger partial charge in [0.1, 0.15) is 0 Å². The van der Waals surface area contributed by atoms with Crippen molar-refractivity contribution >= 4 is 15.7 Å². The Labute approximate surface area is 123 Å². The summed E-state index contributed by atoms with van der Waals surface area (Å²) in [6.07, 6.45) is 2.45. The first-order valence-corrected chi connectivity index (χ1v) is 8.29. The molecule has 1 aromatic rings. The maximum absolute atomic E-state index is 12.7. The molecule has 0 saturated carbocycles. The largest absolute Gasteiger partial charge is 0.329 e. The van der Waals surface area contributed by atoms with Crippen molar-refractivity contribution in [1.29, 1.82) is 0 Å². The number of nitrogens with two attached hydrogens (primary N) is 1. The minimum absolute atomic E-state index is 0.0415. The third kappa shape index (κ3) is 3.07. The predicted octanol–water partition coefficient (Wildman–Crippen LogP) is 1.41. The van der Waals surface area contributed by atoms with E-state index in [1.807, 2.05) is 0 Å². The van der Waals surface area contributed by atoms with Gasteiger partial charge >= 0.3 is 0 Å². The molecular formula is C13H19N3O4S. The second kappa shape index (κ2) is 6.08. The first-order valence-electron chi connectivity index (χ1n) is 6.85. The molecule has 0 aliphatic carbocycles. The molecule has 2 rings (SSSR count). The van der Waals surface area contributed by atoms with Gasteiger partial charge in [0.05, 0.1) is 9.82 Å². The van der Waals surface area contributed by atoms with Crippen LogP contribution in [0.15, 0.2) is 23.1 Å². The summed E-state index contributed by atoms with van der Waals surface area (Å²) < 4.78 is 26.8. The first-order chi connectivity index (χ1) is 9.87. The van der Waals surface area contributed by atoms with Crippen LogP contribution in [0.3, 0.4) is 0 Å². The number of rotatable bonds is 4. The molecule has 1 saturated heterocycles. The Hall–Kier alpha value is -1.51. The summed E-state index contributed by atoms with van der Waals surface area (Å²) in [7, 11) is -3.75. The van der Waals surface area contributed by atoms with Crippen molar-refractivity contribution in [2.75, 3.05) is 13.1 Å². The average molecular weight is 313 g/mol. The van der Waals surface area contributed by atoms with E-state index in [9.17, 15) is 18.5 Å². The van der Waals surface area contributed by atoms with E-state index in [2.05, 4.69) is 0 Å². The fourth-order valence-electron chi connectivity index (χ4n) is 2.61. The Morgan fingerprint density at radius 1 is 1.43 bits per heavy atom. The maximum atomic E-state index is 12.7. The molecule has 8 heteroatoms. The molecule has 1 aliphatic heterocycles. The van der Waals surface area contributed by atoms with Crippen molar-refractivity contribution in [3.63, 3.8) is 0 Å². The molecule has 1 heterocycles. The molecule has 21 heavy (non-hydrogen) atoms. The minimum atomic E-state index is -3.75. The highest BCUT2D eigenvalue weighted by Gasteiger charge is 2.33. The minimum Gasteiger partial charge on any atom is -0.329 e. The molecule has 0 amide bonds. The van der Waals surface area contributed by atoms with Gasteiger partial charge in [-0.1, -0.05) is 12.5 Å². The zero-order valence-electron chi connectivity index (χ0n) is 11.9. The highest BCUT2D eigenvalue weighted by molar-refractivity contribution is 7.89. The van der Waals surface area contributed by atoms with Gasteiger partial charge in [-0.25, -0.2) is 8.42 Å². The van der Waals surface area contributed by atoms with Crippen LogP contribution in [0.5, 0.6) is 0 Å². The third-order valence-electron chi connectivity index (χ3n) is 3.83. The molecule has 0 bridgehead atoms. The Bertz CT molecular complexity index is 645. The quantitative estimate of drug-likeness (QED) is 0.668. The molecule has 1 aromatic carbocycles.